The zero-order valence-electron chi connectivity index (χ0n) is 39.7. The fourth-order valence-corrected chi connectivity index (χ4v) is 9.83. The second kappa shape index (κ2) is 31.6. The van der Waals surface area contributed by atoms with Crippen molar-refractivity contribution in [3.63, 3.8) is 0 Å². The minimum atomic E-state index is -5.60. The number of nitrogen functional groups attached to an aromatic ring is 1. The van der Waals surface area contributed by atoms with Gasteiger partial charge in [0.1, 0.15) is 36.3 Å². The van der Waals surface area contributed by atoms with Crippen molar-refractivity contribution in [1.29, 1.82) is 0 Å². The fraction of sp³-hybridized carbons (Fsp3) is 0.610. The van der Waals surface area contributed by atoms with Crippen LogP contribution in [0.4, 0.5) is 5.82 Å². The number of ether oxygens (including phenoxy) is 1. The summed E-state index contributed by atoms with van der Waals surface area (Å²) < 4.78 is 62.1. The number of nitrogens with one attached hydrogen (secondary N) is 2. The number of aliphatic hydroxyl groups excluding tert-OH is 2. The number of phosphoric acid groups is 3. The van der Waals surface area contributed by atoms with Crippen molar-refractivity contribution in [3.8, 4) is 0 Å². The summed E-state index contributed by atoms with van der Waals surface area (Å²) in [6.07, 6.45) is 19.5. The third kappa shape index (κ3) is 23.8. The van der Waals surface area contributed by atoms with Crippen LogP contribution in [0.5, 0.6) is 0 Å². The number of amides is 2. The summed E-state index contributed by atoms with van der Waals surface area (Å²) in [5.41, 5.74) is 4.23. The van der Waals surface area contributed by atoms with E-state index in [0.717, 1.165) is 61.1 Å². The summed E-state index contributed by atoms with van der Waals surface area (Å²) in [6.45, 7) is 2.66. The summed E-state index contributed by atoms with van der Waals surface area (Å²) in [5.74, 6) is -1.11. The van der Waals surface area contributed by atoms with Crippen LogP contribution in [0.25, 0.3) is 11.2 Å². The number of phosphoric ester groups is 3. The average Bonchev–Trinajstić information content (AvgIpc) is 3.84. The van der Waals surface area contributed by atoms with Gasteiger partial charge in [0.2, 0.25) is 11.8 Å². The number of unbranched alkanes of at least 4 members (excludes halogenated alkanes) is 4. The number of rotatable bonds is 33. The number of nitrogens with two attached hydrogens (primary N) is 1. The van der Waals surface area contributed by atoms with Crippen LogP contribution in [0.2, 0.25) is 0 Å². The predicted molar refractivity (Wildman–Crippen MR) is 253 cm³/mol. The van der Waals surface area contributed by atoms with Gasteiger partial charge in [0.15, 0.2) is 22.8 Å². The van der Waals surface area contributed by atoms with Gasteiger partial charge in [0.25, 0.3) is 7.82 Å². The molecule has 8 atom stereocenters. The number of hydrogen-bond donors (Lipinski definition) is 8. The Morgan fingerprint density at radius 2 is 1.53 bits per heavy atom. The first-order valence-corrected chi connectivity index (χ1v) is 27.7. The molecule has 0 saturated carbocycles. The van der Waals surface area contributed by atoms with Crippen LogP contribution in [0.1, 0.15) is 97.6 Å². The molecule has 388 valence electrons. The molecule has 2 amide bonds. The average molecular weight is 1060 g/mol. The van der Waals surface area contributed by atoms with E-state index in [4.69, 9.17) is 19.5 Å². The summed E-state index contributed by atoms with van der Waals surface area (Å²) in [7, 11) is -16.7. The molecule has 0 aromatic carbocycles. The van der Waals surface area contributed by atoms with Gasteiger partial charge in [-0.2, -0.15) is 4.31 Å². The van der Waals surface area contributed by atoms with Gasteiger partial charge >= 0.3 is 34.5 Å². The minimum Gasteiger partial charge on any atom is -0.756 e. The third-order valence-corrected chi connectivity index (χ3v) is 14.0. The maximum Gasteiger partial charge on any atom is 1.00 e. The van der Waals surface area contributed by atoms with Crippen molar-refractivity contribution in [3.05, 3.63) is 61.3 Å². The number of aliphatic hydroxyl groups is 2. The Labute approximate surface area is 423 Å². The van der Waals surface area contributed by atoms with Gasteiger partial charge in [0, 0.05) is 37.1 Å². The molecular weight excluding hydrogens is 994 g/mol. The van der Waals surface area contributed by atoms with Crippen molar-refractivity contribution >= 4 is 69.1 Å². The van der Waals surface area contributed by atoms with Crippen LogP contribution in [-0.4, -0.2) is 118 Å². The molecule has 0 spiro atoms. The van der Waals surface area contributed by atoms with Crippen molar-refractivity contribution < 1.29 is 99.3 Å². The molecule has 70 heavy (non-hydrogen) atoms. The standard InChI is InChI=1S/C41H66N7O17P3S.Li/c1-4-5-6-7-8-9-10-11-12-13-14-15-16-17-18-19-20-21-32(50)69-25-24-43-31(49)22-23-44-39(53)36(52)41(2,3)27-62-68(59,60)65-67(57,58)61-26-30-35(64-66(54,55)56)34(51)40(63-30)48-29-47-33-37(42)45-28-46-38(33)48;/h8-9,11-12,14-15,17-18,28-30,34-36,40,51-52H,4-7,10,13,16,19-27H2,1-3H3,(H,43,49)(H,44,53)(H,57,58)(H,59,60)(H2,42,45,46)(H2,54,55,56);/q;+1/p-1/b9-8-,12-11-,15-14-,18-17-;/t30-,34-,35-,36+,40-;/m1./s1. The Balaban J connectivity index is 0.0000168. The van der Waals surface area contributed by atoms with Gasteiger partial charge in [0.05, 0.1) is 19.5 Å². The normalized spacial score (nSPS) is 20.7. The Kier molecular flexibility index (Phi) is 28.6. The van der Waals surface area contributed by atoms with Crippen LogP contribution in [-0.2, 0) is 50.7 Å². The molecular formula is C41H65LiN7O17P3S. The van der Waals surface area contributed by atoms with Gasteiger partial charge in [-0.3, -0.25) is 32.6 Å². The monoisotopic (exact) mass is 1060 g/mol. The molecule has 2 aromatic heterocycles. The molecule has 0 aliphatic carbocycles. The van der Waals surface area contributed by atoms with Crippen molar-refractivity contribution in [2.24, 2.45) is 5.41 Å². The molecule has 3 unspecified atom stereocenters. The zero-order valence-corrected chi connectivity index (χ0v) is 43.2. The summed E-state index contributed by atoms with van der Waals surface area (Å²) in [5, 5.41) is 26.5. The van der Waals surface area contributed by atoms with E-state index in [2.05, 4.69) is 90.0 Å². The van der Waals surface area contributed by atoms with E-state index in [1.54, 1.807) is 0 Å². The molecule has 9 N–H and O–H groups in total. The molecule has 2 aromatic rings. The van der Waals surface area contributed by atoms with Crippen LogP contribution in [0, 0.1) is 5.41 Å². The Hall–Kier alpha value is -2.88. The Morgan fingerprint density at radius 3 is 2.16 bits per heavy atom. The smallest absolute Gasteiger partial charge is 0.756 e. The first-order valence-electron chi connectivity index (χ1n) is 22.2. The first kappa shape index (κ1) is 63.2. The maximum atomic E-state index is 12.7. The Morgan fingerprint density at radius 1 is 0.914 bits per heavy atom. The quantitative estimate of drug-likeness (QED) is 0.0215. The number of hydrogen-bond acceptors (Lipinski definition) is 19. The molecule has 1 aliphatic rings. The van der Waals surface area contributed by atoms with E-state index in [-0.39, 0.29) is 60.5 Å². The van der Waals surface area contributed by atoms with Gasteiger partial charge in [-0.1, -0.05) is 94.0 Å². The van der Waals surface area contributed by atoms with Crippen molar-refractivity contribution in [1.82, 2.24) is 30.2 Å². The third-order valence-electron chi connectivity index (χ3n) is 9.97. The number of allylic oxidation sites excluding steroid dienone is 8. The second-order valence-electron chi connectivity index (χ2n) is 16.2. The van der Waals surface area contributed by atoms with Gasteiger partial charge in [-0.05, 0) is 44.9 Å². The van der Waals surface area contributed by atoms with E-state index in [1.807, 2.05) is 0 Å². The number of carbonyl (C=O) groups excluding carboxylic acids is 3. The summed E-state index contributed by atoms with van der Waals surface area (Å²) >= 11 is 1.11. The molecule has 1 aliphatic heterocycles. The van der Waals surface area contributed by atoms with Crippen LogP contribution in [0.3, 0.4) is 0 Å². The van der Waals surface area contributed by atoms with Gasteiger partial charge < -0.3 is 55.4 Å². The number of nitrogens with zero attached hydrogens (tertiary/aromatic N) is 4. The Bertz CT molecular complexity index is 2230. The summed E-state index contributed by atoms with van der Waals surface area (Å²) in [4.78, 5) is 90.3. The number of carbonyl (C=O) groups is 3. The molecule has 3 heterocycles. The van der Waals surface area contributed by atoms with Crippen LogP contribution >= 0.6 is 35.2 Å². The number of fused-ring (bicyclic) bond motifs is 1. The number of imidazole rings is 1. The first-order chi connectivity index (χ1) is 32.6. The van der Waals surface area contributed by atoms with Crippen molar-refractivity contribution in [2.75, 3.05) is 37.8 Å². The topological polar surface area (TPSA) is 366 Å². The zero-order chi connectivity index (χ0) is 51.1. The van der Waals surface area contributed by atoms with Crippen LogP contribution in [0.15, 0.2) is 61.3 Å². The minimum absolute atomic E-state index is 0. The number of thioether (sulfide) groups is 1. The molecule has 1 saturated heterocycles. The summed E-state index contributed by atoms with van der Waals surface area (Å²) in [6, 6.07) is 0. The van der Waals surface area contributed by atoms with E-state index < -0.39 is 84.6 Å². The van der Waals surface area contributed by atoms with Gasteiger partial charge in [-0.25, -0.2) is 24.1 Å². The number of anilines is 1. The van der Waals surface area contributed by atoms with E-state index in [0.29, 0.717) is 18.6 Å². The van der Waals surface area contributed by atoms with E-state index >= 15 is 0 Å². The second-order valence-corrected chi connectivity index (χ2v) is 21.6. The SMILES string of the molecule is CCCCC/C=C\C/C=C\C/C=C\C/C=C\CCCC(=O)SCCNC(=O)CCNC(=O)[C@H](O)C(C)(C)COP(=O)(O)OP(=O)(O)OC[C@H]1O[C@@H](n2cnc3c(N)ncnc32)[C@H](O)[C@@H]1OP(=O)([O-])O.[Li+]. The predicted octanol–water partition coefficient (Wildman–Crippen LogP) is 1.18. The van der Waals surface area contributed by atoms with Gasteiger partial charge in [-0.15, -0.1) is 0 Å². The molecule has 0 radical (unpaired) electrons. The molecule has 3 rings (SSSR count). The van der Waals surface area contributed by atoms with E-state index in [9.17, 15) is 57.9 Å². The fourth-order valence-electron chi connectivity index (χ4n) is 6.29. The molecule has 24 nitrogen and oxygen atoms in total. The number of aromatic nitrogens is 4. The molecule has 29 heteroatoms. The molecule has 1 fully saturated rings. The van der Waals surface area contributed by atoms with Crippen molar-refractivity contribution in [2.45, 2.75) is 122 Å². The maximum absolute atomic E-state index is 12.7. The van der Waals surface area contributed by atoms with Crippen LogP contribution < -0.4 is 40.1 Å². The molecule has 0 bridgehead atoms. The van der Waals surface area contributed by atoms with E-state index in [1.165, 1.54) is 33.1 Å². The largest absolute Gasteiger partial charge is 1.00 e.